The molecule has 0 atom stereocenters. The molecule has 118 valence electrons. The van der Waals surface area contributed by atoms with E-state index >= 15 is 0 Å². The zero-order valence-electron chi connectivity index (χ0n) is 12.3. The van der Waals surface area contributed by atoms with E-state index in [9.17, 15) is 14.4 Å². The predicted octanol–water partition coefficient (Wildman–Crippen LogP) is 0.861. The van der Waals surface area contributed by atoms with E-state index in [1.54, 1.807) is 4.57 Å². The van der Waals surface area contributed by atoms with Crippen molar-refractivity contribution >= 4 is 17.4 Å². The van der Waals surface area contributed by atoms with Crippen LogP contribution < -0.4 is 11.2 Å². The van der Waals surface area contributed by atoms with Crippen molar-refractivity contribution in [2.75, 3.05) is 12.1 Å². The molecular formula is C15H19N3O4. The minimum atomic E-state index is -0.403. The van der Waals surface area contributed by atoms with Crippen molar-refractivity contribution in [2.45, 2.75) is 45.1 Å². The highest BCUT2D eigenvalue weighted by Gasteiger charge is 2.31. The van der Waals surface area contributed by atoms with E-state index in [2.05, 4.69) is 10.5 Å². The Morgan fingerprint density at radius 1 is 1.18 bits per heavy atom. The van der Waals surface area contributed by atoms with Crippen molar-refractivity contribution < 1.29 is 14.4 Å². The molecule has 1 aliphatic heterocycles. The third-order valence-electron chi connectivity index (χ3n) is 4.25. The highest BCUT2D eigenvalue weighted by Crippen LogP contribution is 2.23. The summed E-state index contributed by atoms with van der Waals surface area (Å²) in [5, 5.41) is 0. The summed E-state index contributed by atoms with van der Waals surface area (Å²) in [6.45, 7) is 1.11. The van der Waals surface area contributed by atoms with Crippen molar-refractivity contribution in [3.8, 4) is 0 Å². The minimum absolute atomic E-state index is 0.0729. The van der Waals surface area contributed by atoms with Crippen LogP contribution in [0.3, 0.4) is 0 Å². The third kappa shape index (κ3) is 3.09. The molecule has 3 rings (SSSR count). The van der Waals surface area contributed by atoms with Crippen LogP contribution in [0.5, 0.6) is 0 Å². The van der Waals surface area contributed by atoms with E-state index in [4.69, 9.17) is 4.84 Å². The van der Waals surface area contributed by atoms with Crippen LogP contribution in [0.4, 0.5) is 5.82 Å². The molecular weight excluding hydrogens is 286 g/mol. The molecule has 2 heterocycles. The summed E-state index contributed by atoms with van der Waals surface area (Å²) in [6, 6.07) is 0. The largest absolute Gasteiger partial charge is 0.349 e. The smallest absolute Gasteiger partial charge is 0.299 e. The van der Waals surface area contributed by atoms with Gasteiger partial charge in [-0.05, 0) is 12.8 Å². The molecule has 0 spiro atoms. The van der Waals surface area contributed by atoms with Crippen molar-refractivity contribution in [2.24, 2.45) is 5.92 Å². The fourth-order valence-corrected chi connectivity index (χ4v) is 2.98. The van der Waals surface area contributed by atoms with Gasteiger partial charge in [-0.1, -0.05) is 6.42 Å². The second kappa shape index (κ2) is 6.39. The Morgan fingerprint density at radius 3 is 2.73 bits per heavy atom. The Kier molecular flexibility index (Phi) is 4.33. The number of rotatable bonds is 5. The Hall–Kier alpha value is -2.02. The first-order valence-electron chi connectivity index (χ1n) is 7.69. The number of nitrogens with one attached hydrogen (secondary N) is 1. The average Bonchev–Trinajstić information content (AvgIpc) is 2.83. The Balaban J connectivity index is 1.54. The molecule has 0 radical (unpaired) electrons. The fraction of sp³-hybridized carbons (Fsp3) is 0.600. The van der Waals surface area contributed by atoms with Crippen LogP contribution in [-0.4, -0.2) is 27.7 Å². The van der Waals surface area contributed by atoms with Gasteiger partial charge in [-0.2, -0.15) is 4.98 Å². The second-order valence-electron chi connectivity index (χ2n) is 5.77. The molecule has 1 aliphatic carbocycles. The zero-order valence-corrected chi connectivity index (χ0v) is 12.3. The van der Waals surface area contributed by atoms with Crippen LogP contribution in [0.25, 0.3) is 0 Å². The lowest BCUT2D eigenvalue weighted by Crippen LogP contribution is -2.28. The summed E-state index contributed by atoms with van der Waals surface area (Å²) >= 11 is 0. The number of nitrogens with zero attached hydrogens (tertiary/aromatic N) is 2. The number of carbonyl (C=O) groups is 2. The fourth-order valence-electron chi connectivity index (χ4n) is 2.98. The summed E-state index contributed by atoms with van der Waals surface area (Å²) in [4.78, 5) is 44.0. The highest BCUT2D eigenvalue weighted by atomic mass is 16.6. The molecule has 7 nitrogen and oxygen atoms in total. The van der Waals surface area contributed by atoms with Gasteiger partial charge in [0.05, 0.1) is 12.5 Å². The van der Waals surface area contributed by atoms with E-state index in [-0.39, 0.29) is 17.3 Å². The van der Waals surface area contributed by atoms with Crippen molar-refractivity contribution in [3.63, 3.8) is 0 Å². The normalized spacial score (nSPS) is 18.4. The van der Waals surface area contributed by atoms with Gasteiger partial charge in [0.1, 0.15) is 11.6 Å². The third-order valence-corrected chi connectivity index (χ3v) is 4.25. The molecule has 1 fully saturated rings. The molecule has 1 N–H and O–H groups in total. The second-order valence-corrected chi connectivity index (χ2v) is 5.77. The number of hydrogen-bond acceptors (Lipinski definition) is 6. The van der Waals surface area contributed by atoms with E-state index in [0.29, 0.717) is 38.2 Å². The van der Waals surface area contributed by atoms with Crippen LogP contribution >= 0.6 is 0 Å². The van der Waals surface area contributed by atoms with E-state index in [0.717, 1.165) is 24.8 Å². The number of fused-ring (bicyclic) bond motifs is 1. The molecule has 0 unspecified atom stereocenters. The Labute approximate surface area is 127 Å². The first-order chi connectivity index (χ1) is 10.6. The molecule has 7 heteroatoms. The number of Topliss-reactive ketones (excluding diaryl/α,β-unsaturated/α-hetero) is 2. The Morgan fingerprint density at radius 2 is 1.95 bits per heavy atom. The average molecular weight is 305 g/mol. The van der Waals surface area contributed by atoms with Gasteiger partial charge in [0.25, 0.3) is 0 Å². The molecule has 22 heavy (non-hydrogen) atoms. The summed E-state index contributed by atoms with van der Waals surface area (Å²) < 4.78 is 1.59. The molecule has 0 aromatic carbocycles. The number of hydrogen-bond donors (Lipinski definition) is 1. The van der Waals surface area contributed by atoms with Gasteiger partial charge in [0, 0.05) is 37.6 Å². The maximum atomic E-state index is 11.9. The standard InChI is InChI=1S/C15H19N3O4/c19-12-4-5-13(20)11(12)3-1-2-7-18-9-10-6-8-22-17-14(10)16-15(18)21/h9,11H,1-8H2,(H,16,17,21). The summed E-state index contributed by atoms with van der Waals surface area (Å²) in [5.74, 6) is 0.238. The van der Waals surface area contributed by atoms with Gasteiger partial charge in [-0.15, -0.1) is 0 Å². The molecule has 1 aromatic rings. The molecule has 0 amide bonds. The Bertz CT molecular complexity index is 637. The quantitative estimate of drug-likeness (QED) is 0.641. The maximum Gasteiger partial charge on any atom is 0.349 e. The SMILES string of the molecule is O=C1CCC(=O)C1CCCCn1cc2c(nc1=O)NOCC2. The number of anilines is 1. The minimum Gasteiger partial charge on any atom is -0.299 e. The van der Waals surface area contributed by atoms with Crippen LogP contribution in [0, 0.1) is 5.92 Å². The van der Waals surface area contributed by atoms with E-state index < -0.39 is 5.92 Å². The molecule has 0 saturated heterocycles. The number of ketones is 2. The van der Waals surface area contributed by atoms with Gasteiger partial charge in [0.15, 0.2) is 5.82 Å². The van der Waals surface area contributed by atoms with Crippen molar-refractivity contribution in [1.29, 1.82) is 0 Å². The lowest BCUT2D eigenvalue weighted by Gasteiger charge is -2.17. The zero-order chi connectivity index (χ0) is 15.5. The van der Waals surface area contributed by atoms with Gasteiger partial charge in [-0.3, -0.25) is 19.0 Å². The lowest BCUT2D eigenvalue weighted by molar-refractivity contribution is -0.127. The number of unbranched alkanes of at least 4 members (excludes halogenated alkanes) is 1. The van der Waals surface area contributed by atoms with Crippen molar-refractivity contribution in [1.82, 2.24) is 9.55 Å². The lowest BCUT2D eigenvalue weighted by atomic mass is 9.99. The molecule has 0 bridgehead atoms. The maximum absolute atomic E-state index is 11.9. The van der Waals surface area contributed by atoms with Crippen LogP contribution in [-0.2, 0) is 27.4 Å². The van der Waals surface area contributed by atoms with Crippen LogP contribution in [0.2, 0.25) is 0 Å². The highest BCUT2D eigenvalue weighted by molar-refractivity contribution is 6.08. The predicted molar refractivity (Wildman–Crippen MR) is 78.4 cm³/mol. The monoisotopic (exact) mass is 305 g/mol. The van der Waals surface area contributed by atoms with E-state index in [1.807, 2.05) is 6.20 Å². The summed E-state index contributed by atoms with van der Waals surface area (Å²) in [5.41, 5.74) is 3.30. The van der Waals surface area contributed by atoms with Gasteiger partial charge >= 0.3 is 5.69 Å². The number of aryl methyl sites for hydroxylation is 1. The summed E-state index contributed by atoms with van der Waals surface area (Å²) in [6.07, 6.45) is 5.43. The van der Waals surface area contributed by atoms with Crippen LogP contribution in [0.1, 0.15) is 37.7 Å². The van der Waals surface area contributed by atoms with E-state index in [1.165, 1.54) is 0 Å². The van der Waals surface area contributed by atoms with Gasteiger partial charge < -0.3 is 0 Å². The first-order valence-corrected chi connectivity index (χ1v) is 7.69. The molecule has 1 aromatic heterocycles. The van der Waals surface area contributed by atoms with Crippen molar-refractivity contribution in [3.05, 3.63) is 22.2 Å². The van der Waals surface area contributed by atoms with Crippen LogP contribution in [0.15, 0.2) is 11.0 Å². The van der Waals surface area contributed by atoms with Gasteiger partial charge in [-0.25, -0.2) is 10.3 Å². The summed E-state index contributed by atoms with van der Waals surface area (Å²) in [7, 11) is 0. The number of aromatic nitrogens is 2. The topological polar surface area (TPSA) is 90.3 Å². The first kappa shape index (κ1) is 14.9. The number of carbonyl (C=O) groups excluding carboxylic acids is 2. The molecule has 2 aliphatic rings. The molecule has 1 saturated carbocycles. The van der Waals surface area contributed by atoms with Gasteiger partial charge in [0.2, 0.25) is 0 Å².